The summed E-state index contributed by atoms with van der Waals surface area (Å²) < 4.78 is 16.1. The number of aryl methyl sites for hydroxylation is 1. The fourth-order valence-electron chi connectivity index (χ4n) is 2.45. The van der Waals surface area contributed by atoms with E-state index in [2.05, 4.69) is 16.1 Å². The fraction of sp³-hybridized carbons (Fsp3) is 0.308. The molecule has 0 atom stereocenters. The Morgan fingerprint density at radius 3 is 3.05 bits per heavy atom. The monoisotopic (exact) mass is 254 g/mol. The fourth-order valence-corrected chi connectivity index (χ4v) is 2.45. The number of pyridine rings is 1. The van der Waals surface area contributed by atoms with Gasteiger partial charge in [0.15, 0.2) is 5.82 Å². The van der Waals surface area contributed by atoms with Crippen molar-refractivity contribution in [3.63, 3.8) is 0 Å². The lowest BCUT2D eigenvalue weighted by atomic mass is 9.46. The van der Waals surface area contributed by atoms with Crippen molar-refractivity contribution in [3.8, 4) is 17.4 Å². The summed E-state index contributed by atoms with van der Waals surface area (Å²) in [6, 6.07) is 5.34. The summed E-state index contributed by atoms with van der Waals surface area (Å²) in [4.78, 5) is 4.14. The lowest BCUT2D eigenvalue weighted by Crippen LogP contribution is -2.14. The van der Waals surface area contributed by atoms with Gasteiger partial charge >= 0.3 is 0 Å². The molecular weight excluding hydrogens is 242 g/mol. The van der Waals surface area contributed by atoms with Crippen molar-refractivity contribution in [2.24, 2.45) is 0 Å². The Kier molecular flexibility index (Phi) is 3.04. The third-order valence-corrected chi connectivity index (χ3v) is 3.45. The highest BCUT2D eigenvalue weighted by atomic mass is 19.1. The molecule has 0 amide bonds. The standard InChI is InChI=1S/C13H12BFN4/c15-12-11-8-14(9-16)5-3-7-19(11)18-13(12)10-4-1-2-6-17-10/h1-2,4,6H,3,5,7-8H2. The van der Waals surface area contributed by atoms with Gasteiger partial charge in [-0.3, -0.25) is 9.67 Å². The SMILES string of the molecule is N#CB1CCCn2nc(-c3ccccn3)c(F)c2C1. The summed E-state index contributed by atoms with van der Waals surface area (Å²) in [7, 11) is 0. The molecule has 3 rings (SSSR count). The van der Waals surface area contributed by atoms with Crippen molar-refractivity contribution in [2.45, 2.75) is 25.6 Å². The zero-order chi connectivity index (χ0) is 13.2. The Morgan fingerprint density at radius 2 is 2.32 bits per heavy atom. The van der Waals surface area contributed by atoms with Crippen molar-refractivity contribution in [2.75, 3.05) is 0 Å². The molecule has 4 nitrogen and oxygen atoms in total. The van der Waals surface area contributed by atoms with Crippen LogP contribution in [-0.2, 0) is 12.9 Å². The lowest BCUT2D eigenvalue weighted by Gasteiger charge is -2.00. The lowest BCUT2D eigenvalue weighted by molar-refractivity contribution is 0.571. The summed E-state index contributed by atoms with van der Waals surface area (Å²) in [5.74, 6) is 1.91. The van der Waals surface area contributed by atoms with E-state index >= 15 is 0 Å². The molecule has 1 aliphatic heterocycles. The summed E-state index contributed by atoms with van der Waals surface area (Å²) in [5, 5.41) is 13.4. The van der Waals surface area contributed by atoms with E-state index in [1.165, 1.54) is 0 Å². The van der Waals surface area contributed by atoms with Gasteiger partial charge in [-0.05, 0) is 24.9 Å². The van der Waals surface area contributed by atoms with Gasteiger partial charge in [0.25, 0.3) is 6.71 Å². The molecule has 0 spiro atoms. The predicted octanol–water partition coefficient (Wildman–Crippen LogP) is 2.13. The van der Waals surface area contributed by atoms with Crippen LogP contribution in [0, 0.1) is 17.0 Å². The summed E-state index contributed by atoms with van der Waals surface area (Å²) in [6.07, 6.45) is 3.71. The molecule has 3 heterocycles. The Bertz CT molecular complexity index is 632. The van der Waals surface area contributed by atoms with Gasteiger partial charge in [-0.1, -0.05) is 12.4 Å². The minimum Gasteiger partial charge on any atom is -0.267 e. The van der Waals surface area contributed by atoms with Crippen LogP contribution in [0.1, 0.15) is 12.1 Å². The van der Waals surface area contributed by atoms with Crippen LogP contribution in [0.3, 0.4) is 0 Å². The van der Waals surface area contributed by atoms with Gasteiger partial charge in [0.05, 0.1) is 11.4 Å². The van der Waals surface area contributed by atoms with Gasteiger partial charge in [-0.15, -0.1) is 0 Å². The van der Waals surface area contributed by atoms with Crippen LogP contribution in [0.5, 0.6) is 0 Å². The van der Waals surface area contributed by atoms with Crippen LogP contribution in [0.4, 0.5) is 4.39 Å². The zero-order valence-corrected chi connectivity index (χ0v) is 10.4. The molecule has 0 saturated heterocycles. The van der Waals surface area contributed by atoms with E-state index in [0.29, 0.717) is 24.3 Å². The molecule has 0 unspecified atom stereocenters. The quantitative estimate of drug-likeness (QED) is 0.732. The highest BCUT2D eigenvalue weighted by Gasteiger charge is 2.27. The highest BCUT2D eigenvalue weighted by Crippen LogP contribution is 2.25. The van der Waals surface area contributed by atoms with E-state index in [4.69, 9.17) is 5.26 Å². The van der Waals surface area contributed by atoms with Crippen LogP contribution < -0.4 is 0 Å². The number of nitrogens with zero attached hydrogens (tertiary/aromatic N) is 4. The largest absolute Gasteiger partial charge is 0.273 e. The van der Waals surface area contributed by atoms with Crippen LogP contribution in [-0.4, -0.2) is 21.5 Å². The first-order valence-corrected chi connectivity index (χ1v) is 6.36. The summed E-state index contributed by atoms with van der Waals surface area (Å²) in [6.45, 7) is 0.543. The van der Waals surface area contributed by atoms with Gasteiger partial charge in [-0.25, -0.2) is 9.65 Å². The molecule has 6 heteroatoms. The molecule has 0 aromatic carbocycles. The summed E-state index contributed by atoms with van der Waals surface area (Å²) in [5.41, 5.74) is 1.35. The number of rotatable bonds is 1. The molecule has 2 aromatic heterocycles. The van der Waals surface area contributed by atoms with Gasteiger partial charge in [0.1, 0.15) is 5.69 Å². The molecule has 0 saturated carbocycles. The van der Waals surface area contributed by atoms with Crippen LogP contribution in [0.15, 0.2) is 24.4 Å². The van der Waals surface area contributed by atoms with E-state index in [1.54, 1.807) is 23.0 Å². The molecule has 0 bridgehead atoms. The van der Waals surface area contributed by atoms with Crippen molar-refractivity contribution < 1.29 is 4.39 Å². The van der Waals surface area contributed by atoms with E-state index in [9.17, 15) is 4.39 Å². The van der Waals surface area contributed by atoms with Crippen LogP contribution in [0.25, 0.3) is 11.4 Å². The van der Waals surface area contributed by atoms with Crippen molar-refractivity contribution in [1.29, 1.82) is 5.26 Å². The minimum atomic E-state index is -0.333. The molecule has 94 valence electrons. The topological polar surface area (TPSA) is 54.5 Å². The molecule has 2 aromatic rings. The molecule has 0 fully saturated rings. The Balaban J connectivity index is 2.05. The van der Waals surface area contributed by atoms with E-state index < -0.39 is 0 Å². The summed E-state index contributed by atoms with van der Waals surface area (Å²) >= 11 is 0. The third-order valence-electron chi connectivity index (χ3n) is 3.45. The van der Waals surface area contributed by atoms with Crippen molar-refractivity contribution in [3.05, 3.63) is 35.9 Å². The average Bonchev–Trinajstić information content (AvgIpc) is 2.65. The maximum absolute atomic E-state index is 14.5. The Labute approximate surface area is 111 Å². The molecule has 0 N–H and O–H groups in total. The highest BCUT2D eigenvalue weighted by molar-refractivity contribution is 6.66. The third kappa shape index (κ3) is 2.12. The normalized spacial score (nSPS) is 14.6. The maximum Gasteiger partial charge on any atom is 0.273 e. The second-order valence-electron chi connectivity index (χ2n) is 4.72. The van der Waals surface area contributed by atoms with E-state index in [0.717, 1.165) is 12.7 Å². The first-order valence-electron chi connectivity index (χ1n) is 6.36. The predicted molar refractivity (Wildman–Crippen MR) is 69.9 cm³/mol. The first-order chi connectivity index (χ1) is 9.29. The second-order valence-corrected chi connectivity index (χ2v) is 4.72. The van der Waals surface area contributed by atoms with Gasteiger partial charge in [0, 0.05) is 18.7 Å². The van der Waals surface area contributed by atoms with E-state index in [1.807, 2.05) is 6.07 Å². The number of hydrogen-bond acceptors (Lipinski definition) is 3. The molecular formula is C13H12BFN4. The number of nitriles is 1. The molecule has 0 aliphatic carbocycles. The van der Waals surface area contributed by atoms with Crippen molar-refractivity contribution in [1.82, 2.24) is 14.8 Å². The average molecular weight is 254 g/mol. The molecule has 19 heavy (non-hydrogen) atoms. The first kappa shape index (κ1) is 11.9. The maximum atomic E-state index is 14.5. The Hall–Kier alpha value is -2.16. The molecule has 0 radical (unpaired) electrons. The van der Waals surface area contributed by atoms with Gasteiger partial charge in [0.2, 0.25) is 0 Å². The number of halogens is 1. The van der Waals surface area contributed by atoms with Crippen molar-refractivity contribution >= 4 is 6.71 Å². The number of aromatic nitrogens is 3. The number of fused-ring (bicyclic) bond motifs is 1. The zero-order valence-electron chi connectivity index (χ0n) is 10.4. The molecule has 1 aliphatic rings. The second kappa shape index (κ2) is 4.85. The van der Waals surface area contributed by atoms with Gasteiger partial charge in [-0.2, -0.15) is 5.10 Å². The van der Waals surface area contributed by atoms with Crippen LogP contribution >= 0.6 is 0 Å². The van der Waals surface area contributed by atoms with Crippen LogP contribution in [0.2, 0.25) is 6.32 Å². The van der Waals surface area contributed by atoms with Gasteiger partial charge < -0.3 is 0 Å². The van der Waals surface area contributed by atoms with E-state index in [-0.39, 0.29) is 18.2 Å². The Morgan fingerprint density at radius 1 is 1.42 bits per heavy atom. The smallest absolute Gasteiger partial charge is 0.267 e. The minimum absolute atomic E-state index is 0.121. The number of hydrogen-bond donors (Lipinski definition) is 0.